The summed E-state index contributed by atoms with van der Waals surface area (Å²) in [4.78, 5) is 22.1. The SMILES string of the molecule is O=C1COC(Cc2ccccc2O)C(C(=O)O)N1. The number of benzene rings is 1. The van der Waals surface area contributed by atoms with E-state index in [0.717, 1.165) is 0 Å². The number of morpholine rings is 1. The molecular weight excluding hydrogens is 238 g/mol. The molecule has 0 radical (unpaired) electrons. The lowest BCUT2D eigenvalue weighted by molar-refractivity contribution is -0.154. The highest BCUT2D eigenvalue weighted by Gasteiger charge is 2.35. The van der Waals surface area contributed by atoms with E-state index in [9.17, 15) is 14.7 Å². The molecular formula is C12H13NO5. The van der Waals surface area contributed by atoms with Crippen molar-refractivity contribution in [1.29, 1.82) is 0 Å². The van der Waals surface area contributed by atoms with E-state index in [0.29, 0.717) is 5.56 Å². The molecule has 18 heavy (non-hydrogen) atoms. The Bertz CT molecular complexity index is 473. The number of phenols is 1. The molecule has 2 atom stereocenters. The van der Waals surface area contributed by atoms with Gasteiger partial charge in [-0.3, -0.25) is 4.79 Å². The number of aliphatic carboxylic acids is 1. The molecule has 0 aromatic heterocycles. The number of aromatic hydroxyl groups is 1. The monoisotopic (exact) mass is 251 g/mol. The van der Waals surface area contributed by atoms with E-state index in [-0.39, 0.29) is 18.8 Å². The Morgan fingerprint density at radius 2 is 2.17 bits per heavy atom. The van der Waals surface area contributed by atoms with Crippen molar-refractivity contribution in [3.8, 4) is 5.75 Å². The molecule has 1 heterocycles. The Labute approximate surface area is 103 Å². The average Bonchev–Trinajstić information content (AvgIpc) is 2.34. The summed E-state index contributed by atoms with van der Waals surface area (Å²) in [5, 5.41) is 21.0. The third-order valence-electron chi connectivity index (χ3n) is 2.80. The molecule has 0 bridgehead atoms. The zero-order chi connectivity index (χ0) is 13.1. The molecule has 2 rings (SSSR count). The van der Waals surface area contributed by atoms with E-state index in [4.69, 9.17) is 9.84 Å². The fourth-order valence-electron chi connectivity index (χ4n) is 1.88. The highest BCUT2D eigenvalue weighted by atomic mass is 16.5. The Kier molecular flexibility index (Phi) is 3.47. The van der Waals surface area contributed by atoms with E-state index in [1.165, 1.54) is 6.07 Å². The van der Waals surface area contributed by atoms with E-state index < -0.39 is 24.0 Å². The molecule has 1 aromatic rings. The van der Waals surface area contributed by atoms with Crippen molar-refractivity contribution in [2.24, 2.45) is 0 Å². The number of carbonyl (C=O) groups excluding carboxylic acids is 1. The number of ether oxygens (including phenoxy) is 1. The molecule has 6 nitrogen and oxygen atoms in total. The maximum atomic E-state index is 11.1. The van der Waals surface area contributed by atoms with Crippen LogP contribution < -0.4 is 5.32 Å². The zero-order valence-corrected chi connectivity index (χ0v) is 9.50. The third-order valence-corrected chi connectivity index (χ3v) is 2.80. The topological polar surface area (TPSA) is 95.9 Å². The van der Waals surface area contributed by atoms with Crippen molar-refractivity contribution in [3.63, 3.8) is 0 Å². The fraction of sp³-hybridized carbons (Fsp3) is 0.333. The Morgan fingerprint density at radius 3 is 2.83 bits per heavy atom. The standard InChI is InChI=1S/C12H13NO5/c14-8-4-2-1-3-7(8)5-9-11(12(16)17)13-10(15)6-18-9/h1-4,9,11,14H,5-6H2,(H,13,15)(H,16,17). The van der Waals surface area contributed by atoms with Gasteiger partial charge in [0.25, 0.3) is 0 Å². The first-order valence-corrected chi connectivity index (χ1v) is 5.48. The van der Waals surface area contributed by atoms with Crippen molar-refractivity contribution in [2.75, 3.05) is 6.61 Å². The van der Waals surface area contributed by atoms with Crippen LogP contribution in [0.2, 0.25) is 0 Å². The number of nitrogens with one attached hydrogen (secondary N) is 1. The van der Waals surface area contributed by atoms with Gasteiger partial charge in [0, 0.05) is 6.42 Å². The second-order valence-electron chi connectivity index (χ2n) is 4.07. The number of carbonyl (C=O) groups is 2. The fourth-order valence-corrected chi connectivity index (χ4v) is 1.88. The first-order chi connectivity index (χ1) is 8.58. The maximum Gasteiger partial charge on any atom is 0.328 e. The minimum absolute atomic E-state index is 0.0853. The molecule has 96 valence electrons. The van der Waals surface area contributed by atoms with Gasteiger partial charge in [-0.05, 0) is 11.6 Å². The summed E-state index contributed by atoms with van der Waals surface area (Å²) in [7, 11) is 0. The maximum absolute atomic E-state index is 11.1. The number of para-hydroxylation sites is 1. The quantitative estimate of drug-likeness (QED) is 0.697. The lowest BCUT2D eigenvalue weighted by Gasteiger charge is -2.29. The van der Waals surface area contributed by atoms with Crippen LogP contribution in [0.15, 0.2) is 24.3 Å². The summed E-state index contributed by atoms with van der Waals surface area (Å²) < 4.78 is 5.22. The summed E-state index contributed by atoms with van der Waals surface area (Å²) in [6.45, 7) is -0.165. The van der Waals surface area contributed by atoms with Gasteiger partial charge >= 0.3 is 5.97 Å². The van der Waals surface area contributed by atoms with Crippen LogP contribution in [-0.2, 0) is 20.7 Å². The Balaban J connectivity index is 2.14. The average molecular weight is 251 g/mol. The Hall–Kier alpha value is -2.08. The molecule has 1 aliphatic heterocycles. The number of carboxylic acids is 1. The van der Waals surface area contributed by atoms with Crippen molar-refractivity contribution in [3.05, 3.63) is 29.8 Å². The van der Waals surface area contributed by atoms with Gasteiger partial charge in [0.15, 0.2) is 6.04 Å². The van der Waals surface area contributed by atoms with Gasteiger partial charge in [-0.2, -0.15) is 0 Å². The van der Waals surface area contributed by atoms with Crippen molar-refractivity contribution < 1.29 is 24.5 Å². The number of hydrogen-bond acceptors (Lipinski definition) is 4. The number of hydrogen-bond donors (Lipinski definition) is 3. The van der Waals surface area contributed by atoms with Crippen LogP contribution in [0.3, 0.4) is 0 Å². The van der Waals surface area contributed by atoms with Crippen molar-refractivity contribution in [2.45, 2.75) is 18.6 Å². The molecule has 1 aliphatic rings. The Morgan fingerprint density at radius 1 is 1.44 bits per heavy atom. The summed E-state index contributed by atoms with van der Waals surface area (Å²) in [5.41, 5.74) is 0.588. The van der Waals surface area contributed by atoms with Crippen LogP contribution in [-0.4, -0.2) is 40.8 Å². The molecule has 6 heteroatoms. The first-order valence-electron chi connectivity index (χ1n) is 5.48. The van der Waals surface area contributed by atoms with Crippen LogP contribution in [0.25, 0.3) is 0 Å². The second-order valence-corrected chi connectivity index (χ2v) is 4.07. The first kappa shape index (κ1) is 12.4. The smallest absolute Gasteiger partial charge is 0.328 e. The minimum atomic E-state index is -1.15. The molecule has 0 saturated carbocycles. The van der Waals surface area contributed by atoms with Gasteiger partial charge in [-0.1, -0.05) is 18.2 Å². The largest absolute Gasteiger partial charge is 0.508 e. The predicted octanol–water partition coefficient (Wildman–Crippen LogP) is -0.0971. The number of carboxylic acid groups (broad SMARTS) is 1. The highest BCUT2D eigenvalue weighted by molar-refractivity contribution is 5.85. The molecule has 0 spiro atoms. The van der Waals surface area contributed by atoms with E-state index in [2.05, 4.69) is 5.32 Å². The molecule has 1 amide bonds. The van der Waals surface area contributed by atoms with Gasteiger partial charge in [0.2, 0.25) is 5.91 Å². The minimum Gasteiger partial charge on any atom is -0.508 e. The predicted molar refractivity (Wildman–Crippen MR) is 61.1 cm³/mol. The molecule has 3 N–H and O–H groups in total. The van der Waals surface area contributed by atoms with Gasteiger partial charge < -0.3 is 20.3 Å². The third kappa shape index (κ3) is 2.60. The summed E-state index contributed by atoms with van der Waals surface area (Å²) in [6, 6.07) is 5.54. The van der Waals surface area contributed by atoms with Gasteiger partial charge in [0.1, 0.15) is 12.4 Å². The summed E-state index contributed by atoms with van der Waals surface area (Å²) in [6.07, 6.45) is -0.460. The number of amides is 1. The molecule has 1 saturated heterocycles. The van der Waals surface area contributed by atoms with Gasteiger partial charge in [-0.25, -0.2) is 4.79 Å². The van der Waals surface area contributed by atoms with Crippen LogP contribution >= 0.6 is 0 Å². The van der Waals surface area contributed by atoms with E-state index >= 15 is 0 Å². The van der Waals surface area contributed by atoms with Crippen LogP contribution in [0.5, 0.6) is 5.75 Å². The second kappa shape index (κ2) is 5.05. The normalized spacial score (nSPS) is 23.4. The van der Waals surface area contributed by atoms with Crippen molar-refractivity contribution in [1.82, 2.24) is 5.32 Å². The van der Waals surface area contributed by atoms with Crippen LogP contribution in [0, 0.1) is 0 Å². The zero-order valence-electron chi connectivity index (χ0n) is 9.50. The summed E-state index contributed by atoms with van der Waals surface area (Å²) in [5.74, 6) is -1.51. The lowest BCUT2D eigenvalue weighted by atomic mass is 10.00. The molecule has 2 unspecified atom stereocenters. The lowest BCUT2D eigenvalue weighted by Crippen LogP contribution is -2.56. The van der Waals surface area contributed by atoms with Crippen LogP contribution in [0.1, 0.15) is 5.56 Å². The van der Waals surface area contributed by atoms with Gasteiger partial charge in [-0.15, -0.1) is 0 Å². The number of phenolic OH excluding ortho intramolecular Hbond substituents is 1. The number of rotatable bonds is 3. The van der Waals surface area contributed by atoms with Crippen molar-refractivity contribution >= 4 is 11.9 Å². The summed E-state index contributed by atoms with van der Waals surface area (Å²) >= 11 is 0. The van der Waals surface area contributed by atoms with Crippen LogP contribution in [0.4, 0.5) is 0 Å². The van der Waals surface area contributed by atoms with E-state index in [1.807, 2.05) is 0 Å². The van der Waals surface area contributed by atoms with Gasteiger partial charge in [0.05, 0.1) is 6.10 Å². The van der Waals surface area contributed by atoms with E-state index in [1.54, 1.807) is 18.2 Å². The molecule has 1 fully saturated rings. The molecule has 0 aliphatic carbocycles. The highest BCUT2D eigenvalue weighted by Crippen LogP contribution is 2.20. The molecule has 1 aromatic carbocycles.